The van der Waals surface area contributed by atoms with Gasteiger partial charge in [-0.3, -0.25) is 4.79 Å². The summed E-state index contributed by atoms with van der Waals surface area (Å²) in [5.41, 5.74) is 1.18. The van der Waals surface area contributed by atoms with Crippen molar-refractivity contribution in [3.05, 3.63) is 54.2 Å². The number of fused-ring (bicyclic) bond motifs is 2. The summed E-state index contributed by atoms with van der Waals surface area (Å²) in [4.78, 5) is 25.0. The number of amides is 1. The van der Waals surface area contributed by atoms with Crippen molar-refractivity contribution in [3.63, 3.8) is 0 Å². The molecule has 8 heteroatoms. The van der Waals surface area contributed by atoms with Crippen LogP contribution >= 0.6 is 0 Å². The van der Waals surface area contributed by atoms with Crippen LogP contribution in [0.3, 0.4) is 0 Å². The topological polar surface area (TPSA) is 86.2 Å². The van der Waals surface area contributed by atoms with Crippen LogP contribution in [-0.4, -0.2) is 40.1 Å². The molecule has 2 aromatic heterocycles. The van der Waals surface area contributed by atoms with Crippen LogP contribution in [0.1, 0.15) is 30.1 Å². The van der Waals surface area contributed by atoms with Crippen LogP contribution in [0.25, 0.3) is 10.9 Å². The Labute approximate surface area is 179 Å². The summed E-state index contributed by atoms with van der Waals surface area (Å²) >= 11 is 0. The molecular weight excluding hydrogens is 399 g/mol. The van der Waals surface area contributed by atoms with Crippen LogP contribution in [0.15, 0.2) is 42.9 Å². The molecule has 0 saturated heterocycles. The van der Waals surface area contributed by atoms with Crippen molar-refractivity contribution < 1.29 is 18.7 Å². The first kappa shape index (κ1) is 19.7. The predicted octanol–water partition coefficient (Wildman–Crippen LogP) is 3.39. The standard InChI is InChI=1S/C23H23FN4O3/c1-12(28-22(29)13-3-6-20(30-2)25-10-13)21-16-8-15(9-17(16)21)31-23-18-7-14(24)4-5-19(18)26-11-27-23/h3-7,10-12,15-17,21H,8-9H2,1-2H3,(H,28,29)/t12?,15-,16-,17+,21+. The number of ether oxygens (including phenoxy) is 2. The molecule has 31 heavy (non-hydrogen) atoms. The van der Waals surface area contributed by atoms with Crippen LogP contribution in [0.5, 0.6) is 11.8 Å². The Morgan fingerprint density at radius 1 is 1.16 bits per heavy atom. The molecule has 5 rings (SSSR count). The van der Waals surface area contributed by atoms with Gasteiger partial charge in [-0.15, -0.1) is 0 Å². The summed E-state index contributed by atoms with van der Waals surface area (Å²) in [6, 6.07) is 7.88. The molecule has 160 valence electrons. The van der Waals surface area contributed by atoms with Gasteiger partial charge in [0.1, 0.15) is 18.2 Å². The zero-order valence-electron chi connectivity index (χ0n) is 17.3. The van der Waals surface area contributed by atoms with E-state index in [9.17, 15) is 9.18 Å². The van der Waals surface area contributed by atoms with Crippen molar-refractivity contribution in [3.8, 4) is 11.8 Å². The molecule has 2 aliphatic carbocycles. The summed E-state index contributed by atoms with van der Waals surface area (Å²) in [6.45, 7) is 2.05. The summed E-state index contributed by atoms with van der Waals surface area (Å²) in [5.74, 6) is 1.91. The van der Waals surface area contributed by atoms with Crippen molar-refractivity contribution in [2.75, 3.05) is 7.11 Å². The lowest BCUT2D eigenvalue weighted by molar-refractivity contribution is 0.0929. The van der Waals surface area contributed by atoms with E-state index in [1.165, 1.54) is 24.7 Å². The Kier molecular flexibility index (Phi) is 4.92. The van der Waals surface area contributed by atoms with Crippen LogP contribution < -0.4 is 14.8 Å². The Balaban J connectivity index is 1.18. The smallest absolute Gasteiger partial charge is 0.253 e. The van der Waals surface area contributed by atoms with Crippen molar-refractivity contribution in [1.29, 1.82) is 0 Å². The molecule has 2 heterocycles. The first-order valence-corrected chi connectivity index (χ1v) is 10.4. The van der Waals surface area contributed by atoms with E-state index in [4.69, 9.17) is 9.47 Å². The fourth-order valence-corrected chi connectivity index (χ4v) is 4.96. The number of hydrogen-bond donors (Lipinski definition) is 1. The highest BCUT2D eigenvalue weighted by molar-refractivity contribution is 5.94. The highest BCUT2D eigenvalue weighted by atomic mass is 19.1. The van der Waals surface area contributed by atoms with E-state index in [-0.39, 0.29) is 23.9 Å². The number of methoxy groups -OCH3 is 1. The van der Waals surface area contributed by atoms with Gasteiger partial charge >= 0.3 is 0 Å². The average Bonchev–Trinajstić information content (AvgIpc) is 3.29. The third-order valence-corrected chi connectivity index (χ3v) is 6.45. The summed E-state index contributed by atoms with van der Waals surface area (Å²) in [5, 5.41) is 3.69. The minimum absolute atomic E-state index is 0.0429. The highest BCUT2D eigenvalue weighted by Gasteiger charge is 2.58. The van der Waals surface area contributed by atoms with Gasteiger partial charge in [0.2, 0.25) is 11.8 Å². The second-order valence-corrected chi connectivity index (χ2v) is 8.31. The first-order valence-electron chi connectivity index (χ1n) is 10.4. The van der Waals surface area contributed by atoms with Crippen molar-refractivity contribution in [2.45, 2.75) is 31.9 Å². The number of nitrogens with one attached hydrogen (secondary N) is 1. The fraction of sp³-hybridized carbons (Fsp3) is 0.391. The van der Waals surface area contributed by atoms with E-state index >= 15 is 0 Å². The van der Waals surface area contributed by atoms with Crippen molar-refractivity contribution in [1.82, 2.24) is 20.3 Å². The number of halogens is 1. The van der Waals surface area contributed by atoms with Crippen LogP contribution in [0.4, 0.5) is 4.39 Å². The summed E-state index contributed by atoms with van der Waals surface area (Å²) in [7, 11) is 1.54. The molecule has 2 saturated carbocycles. The molecule has 0 aliphatic heterocycles. The molecule has 1 N–H and O–H groups in total. The largest absolute Gasteiger partial charge is 0.481 e. The van der Waals surface area contributed by atoms with Gasteiger partial charge < -0.3 is 14.8 Å². The van der Waals surface area contributed by atoms with E-state index in [0.29, 0.717) is 46.0 Å². The highest BCUT2D eigenvalue weighted by Crippen LogP contribution is 2.59. The minimum atomic E-state index is -0.335. The minimum Gasteiger partial charge on any atom is -0.481 e. The molecule has 0 radical (unpaired) electrons. The summed E-state index contributed by atoms with van der Waals surface area (Å²) in [6.07, 6.45) is 4.81. The first-order chi connectivity index (χ1) is 15.0. The van der Waals surface area contributed by atoms with E-state index in [2.05, 4.69) is 27.2 Å². The number of pyridine rings is 1. The molecule has 2 aliphatic rings. The number of benzene rings is 1. The fourth-order valence-electron chi connectivity index (χ4n) is 4.96. The lowest BCUT2D eigenvalue weighted by atomic mass is 10.0. The molecule has 1 aromatic carbocycles. The van der Waals surface area contributed by atoms with Crippen LogP contribution in [-0.2, 0) is 0 Å². The number of rotatable bonds is 6. The normalized spacial score (nSPS) is 25.0. The van der Waals surface area contributed by atoms with Gasteiger partial charge in [0.15, 0.2) is 0 Å². The van der Waals surface area contributed by atoms with Gasteiger partial charge in [0.25, 0.3) is 5.91 Å². The van der Waals surface area contributed by atoms with Crippen LogP contribution in [0, 0.1) is 23.6 Å². The Morgan fingerprint density at radius 3 is 2.68 bits per heavy atom. The maximum Gasteiger partial charge on any atom is 0.253 e. The average molecular weight is 422 g/mol. The molecule has 0 spiro atoms. The van der Waals surface area contributed by atoms with Gasteiger partial charge in [-0.2, -0.15) is 0 Å². The van der Waals surface area contributed by atoms with Gasteiger partial charge in [-0.1, -0.05) is 0 Å². The SMILES string of the molecule is COc1ccc(C(=O)NC(C)[C@H]2[C@@H]3C[C@@H](Oc4ncnc5ccc(F)cc45)C[C@@H]32)cn1. The molecular formula is C23H23FN4O3. The van der Waals surface area contributed by atoms with Gasteiger partial charge in [0.05, 0.1) is 23.6 Å². The Hall–Kier alpha value is -3.29. The van der Waals surface area contributed by atoms with Gasteiger partial charge in [-0.05, 0) is 61.8 Å². The maximum absolute atomic E-state index is 13.6. The lowest BCUT2D eigenvalue weighted by Gasteiger charge is -2.20. The second kappa shape index (κ2) is 7.76. The van der Waals surface area contributed by atoms with E-state index in [0.717, 1.165) is 12.8 Å². The van der Waals surface area contributed by atoms with Gasteiger partial charge in [0, 0.05) is 18.3 Å². The molecule has 3 aromatic rings. The Morgan fingerprint density at radius 2 is 1.97 bits per heavy atom. The third kappa shape index (κ3) is 3.78. The van der Waals surface area contributed by atoms with Crippen molar-refractivity contribution >= 4 is 16.8 Å². The van der Waals surface area contributed by atoms with E-state index in [1.807, 2.05) is 0 Å². The molecule has 1 amide bonds. The quantitative estimate of drug-likeness (QED) is 0.655. The molecule has 7 nitrogen and oxygen atoms in total. The number of hydrogen-bond acceptors (Lipinski definition) is 6. The zero-order valence-corrected chi connectivity index (χ0v) is 17.3. The number of carbonyl (C=O) groups excluding carboxylic acids is 1. The number of aromatic nitrogens is 3. The monoisotopic (exact) mass is 422 g/mol. The van der Waals surface area contributed by atoms with E-state index < -0.39 is 0 Å². The lowest BCUT2D eigenvalue weighted by Crippen LogP contribution is -2.36. The number of nitrogens with zero attached hydrogens (tertiary/aromatic N) is 3. The van der Waals surface area contributed by atoms with Gasteiger partial charge in [-0.25, -0.2) is 19.3 Å². The second-order valence-electron chi connectivity index (χ2n) is 8.31. The van der Waals surface area contributed by atoms with Crippen molar-refractivity contribution in [2.24, 2.45) is 17.8 Å². The Bertz CT molecular complexity index is 1110. The molecule has 5 atom stereocenters. The third-order valence-electron chi connectivity index (χ3n) is 6.45. The zero-order chi connectivity index (χ0) is 21.5. The van der Waals surface area contributed by atoms with Crippen LogP contribution in [0.2, 0.25) is 0 Å². The molecule has 1 unspecified atom stereocenters. The predicted molar refractivity (Wildman–Crippen MR) is 111 cm³/mol. The maximum atomic E-state index is 13.6. The molecule has 2 fully saturated rings. The number of carbonyl (C=O) groups is 1. The van der Waals surface area contributed by atoms with E-state index in [1.54, 1.807) is 25.3 Å². The molecule has 0 bridgehead atoms. The summed E-state index contributed by atoms with van der Waals surface area (Å²) < 4.78 is 24.8.